The lowest BCUT2D eigenvalue weighted by Gasteiger charge is -2.12. The van der Waals surface area contributed by atoms with Crippen molar-refractivity contribution in [3.8, 4) is 0 Å². The molecule has 1 heterocycles. The molecular weight excluding hydrogens is 196 g/mol. The van der Waals surface area contributed by atoms with Crippen LogP contribution in [0.1, 0.15) is 31.2 Å². The van der Waals surface area contributed by atoms with Gasteiger partial charge in [-0.2, -0.15) is 0 Å². The summed E-state index contributed by atoms with van der Waals surface area (Å²) in [7, 11) is 0. The van der Waals surface area contributed by atoms with Gasteiger partial charge >= 0.3 is 0 Å². The second kappa shape index (κ2) is 4.01. The van der Waals surface area contributed by atoms with Crippen LogP contribution in [0.2, 0.25) is 5.02 Å². The third-order valence-corrected chi connectivity index (χ3v) is 2.83. The van der Waals surface area contributed by atoms with Gasteiger partial charge in [-0.25, -0.2) is 4.98 Å². The van der Waals surface area contributed by atoms with E-state index in [4.69, 9.17) is 17.3 Å². The number of allylic oxidation sites excluding steroid dienone is 2. The average Bonchev–Trinajstić information content (AvgIpc) is 2.23. The van der Waals surface area contributed by atoms with Crippen molar-refractivity contribution in [1.82, 2.24) is 4.98 Å². The fourth-order valence-electron chi connectivity index (χ4n) is 1.72. The first-order chi connectivity index (χ1) is 6.77. The smallest absolute Gasteiger partial charge is 0.142 e. The summed E-state index contributed by atoms with van der Waals surface area (Å²) in [5.74, 6) is 0.409. The summed E-state index contributed by atoms with van der Waals surface area (Å²) in [4.78, 5) is 4.06. The third-order valence-electron chi connectivity index (χ3n) is 2.53. The summed E-state index contributed by atoms with van der Waals surface area (Å²) in [6.07, 6.45) is 8.91. The Balaban J connectivity index is 2.32. The van der Waals surface area contributed by atoms with E-state index in [0.717, 1.165) is 18.4 Å². The highest BCUT2D eigenvalue weighted by Crippen LogP contribution is 2.28. The Morgan fingerprint density at radius 2 is 2.21 bits per heavy atom. The van der Waals surface area contributed by atoms with E-state index in [1.807, 2.05) is 6.07 Å². The molecule has 1 aromatic heterocycles. The Hall–Kier alpha value is -1.02. The lowest BCUT2D eigenvalue weighted by molar-refractivity contribution is 0.742. The second-order valence-electron chi connectivity index (χ2n) is 3.57. The third kappa shape index (κ3) is 1.90. The number of hydrogen-bond donors (Lipinski definition) is 1. The molecule has 14 heavy (non-hydrogen) atoms. The fraction of sp³-hybridized carbons (Fsp3) is 0.364. The number of halogens is 1. The van der Waals surface area contributed by atoms with Crippen LogP contribution < -0.4 is 5.73 Å². The molecule has 3 heteroatoms. The first-order valence-corrected chi connectivity index (χ1v) is 5.25. The van der Waals surface area contributed by atoms with Crippen LogP contribution in [0.15, 0.2) is 18.3 Å². The lowest BCUT2D eigenvalue weighted by Crippen LogP contribution is -1.96. The highest BCUT2D eigenvalue weighted by Gasteiger charge is 2.08. The largest absolute Gasteiger partial charge is 0.382 e. The molecule has 2 nitrogen and oxygen atoms in total. The van der Waals surface area contributed by atoms with Crippen LogP contribution >= 0.6 is 11.6 Å². The second-order valence-corrected chi connectivity index (χ2v) is 3.97. The minimum absolute atomic E-state index is 0.409. The van der Waals surface area contributed by atoms with E-state index in [0.29, 0.717) is 10.8 Å². The van der Waals surface area contributed by atoms with Gasteiger partial charge in [-0.15, -0.1) is 0 Å². The van der Waals surface area contributed by atoms with E-state index in [2.05, 4.69) is 11.1 Å². The van der Waals surface area contributed by atoms with E-state index in [-0.39, 0.29) is 0 Å². The molecule has 0 saturated heterocycles. The van der Waals surface area contributed by atoms with Gasteiger partial charge in [-0.1, -0.05) is 17.7 Å². The topological polar surface area (TPSA) is 38.9 Å². The first-order valence-electron chi connectivity index (χ1n) is 4.88. The minimum atomic E-state index is 0.409. The van der Waals surface area contributed by atoms with E-state index >= 15 is 0 Å². The van der Waals surface area contributed by atoms with Gasteiger partial charge in [0.15, 0.2) is 0 Å². The Bertz CT molecular complexity index is 372. The molecule has 0 fully saturated rings. The van der Waals surface area contributed by atoms with Crippen molar-refractivity contribution in [1.29, 1.82) is 0 Å². The maximum Gasteiger partial charge on any atom is 0.142 e. The van der Waals surface area contributed by atoms with Gasteiger partial charge in [-0.3, -0.25) is 0 Å². The zero-order valence-electron chi connectivity index (χ0n) is 7.96. The van der Waals surface area contributed by atoms with Crippen molar-refractivity contribution in [2.24, 2.45) is 0 Å². The predicted octanol–water partition coefficient (Wildman–Crippen LogP) is 3.27. The summed E-state index contributed by atoms with van der Waals surface area (Å²) in [6.45, 7) is 0. The molecule has 0 atom stereocenters. The summed E-state index contributed by atoms with van der Waals surface area (Å²) < 4.78 is 0. The normalized spacial score (nSPS) is 16.5. The molecule has 0 radical (unpaired) electrons. The van der Waals surface area contributed by atoms with Gasteiger partial charge in [0.1, 0.15) is 5.82 Å². The van der Waals surface area contributed by atoms with Gasteiger partial charge in [0.2, 0.25) is 0 Å². The van der Waals surface area contributed by atoms with Crippen LogP contribution in [0.25, 0.3) is 5.57 Å². The molecular formula is C11H13ClN2. The maximum absolute atomic E-state index is 5.92. The van der Waals surface area contributed by atoms with Crippen LogP contribution in [-0.4, -0.2) is 4.98 Å². The molecule has 0 amide bonds. The Morgan fingerprint density at radius 1 is 1.36 bits per heavy atom. The van der Waals surface area contributed by atoms with Crippen molar-refractivity contribution in [2.75, 3.05) is 5.73 Å². The van der Waals surface area contributed by atoms with Crippen molar-refractivity contribution in [2.45, 2.75) is 25.7 Å². The van der Waals surface area contributed by atoms with Gasteiger partial charge in [0, 0.05) is 6.20 Å². The Labute approximate surface area is 88.8 Å². The van der Waals surface area contributed by atoms with E-state index < -0.39 is 0 Å². The molecule has 0 unspecified atom stereocenters. The fourth-order valence-corrected chi connectivity index (χ4v) is 1.89. The molecule has 0 aliphatic heterocycles. The Kier molecular flexibility index (Phi) is 2.73. The summed E-state index contributed by atoms with van der Waals surface area (Å²) in [5, 5.41) is 0.550. The molecule has 2 N–H and O–H groups in total. The molecule has 1 aliphatic carbocycles. The number of pyridine rings is 1. The SMILES string of the molecule is Nc1ncc(C2=CCCCC2)cc1Cl. The monoisotopic (exact) mass is 208 g/mol. The molecule has 0 aromatic carbocycles. The van der Waals surface area contributed by atoms with E-state index in [1.54, 1.807) is 6.20 Å². The number of nitrogen functional groups attached to an aromatic ring is 1. The van der Waals surface area contributed by atoms with E-state index in [1.165, 1.54) is 18.4 Å². The van der Waals surface area contributed by atoms with Crippen LogP contribution in [0, 0.1) is 0 Å². The van der Waals surface area contributed by atoms with Gasteiger partial charge < -0.3 is 5.73 Å². The van der Waals surface area contributed by atoms with E-state index in [9.17, 15) is 0 Å². The van der Waals surface area contributed by atoms with Crippen molar-refractivity contribution >= 4 is 23.0 Å². The number of nitrogens with zero attached hydrogens (tertiary/aromatic N) is 1. The first kappa shape index (κ1) is 9.53. The molecule has 2 rings (SSSR count). The molecule has 74 valence electrons. The van der Waals surface area contributed by atoms with Gasteiger partial charge in [0.25, 0.3) is 0 Å². The summed E-state index contributed by atoms with van der Waals surface area (Å²) in [5.41, 5.74) is 8.02. The highest BCUT2D eigenvalue weighted by atomic mass is 35.5. The highest BCUT2D eigenvalue weighted by molar-refractivity contribution is 6.32. The molecule has 0 bridgehead atoms. The standard InChI is InChI=1S/C11H13ClN2/c12-10-6-9(7-14-11(10)13)8-4-2-1-3-5-8/h4,6-7H,1-3,5H2,(H2,13,14). The number of hydrogen-bond acceptors (Lipinski definition) is 2. The van der Waals surface area contributed by atoms with Crippen LogP contribution in [0.4, 0.5) is 5.82 Å². The van der Waals surface area contributed by atoms with Gasteiger partial charge in [0.05, 0.1) is 5.02 Å². The number of anilines is 1. The summed E-state index contributed by atoms with van der Waals surface area (Å²) >= 11 is 5.92. The minimum Gasteiger partial charge on any atom is -0.382 e. The zero-order chi connectivity index (χ0) is 9.97. The van der Waals surface area contributed by atoms with Crippen LogP contribution in [-0.2, 0) is 0 Å². The van der Waals surface area contributed by atoms with Crippen LogP contribution in [0.3, 0.4) is 0 Å². The Morgan fingerprint density at radius 3 is 2.86 bits per heavy atom. The summed E-state index contributed by atoms with van der Waals surface area (Å²) in [6, 6.07) is 1.90. The molecule has 1 aliphatic rings. The number of nitrogens with two attached hydrogens (primary N) is 1. The predicted molar refractivity (Wildman–Crippen MR) is 60.1 cm³/mol. The molecule has 0 saturated carbocycles. The molecule has 1 aromatic rings. The maximum atomic E-state index is 5.92. The number of aromatic nitrogens is 1. The van der Waals surface area contributed by atoms with Crippen molar-refractivity contribution in [3.63, 3.8) is 0 Å². The van der Waals surface area contributed by atoms with Crippen LogP contribution in [0.5, 0.6) is 0 Å². The zero-order valence-corrected chi connectivity index (χ0v) is 8.72. The average molecular weight is 209 g/mol. The van der Waals surface area contributed by atoms with Crippen molar-refractivity contribution in [3.05, 3.63) is 28.9 Å². The lowest BCUT2D eigenvalue weighted by atomic mass is 9.95. The number of rotatable bonds is 1. The molecule has 0 spiro atoms. The van der Waals surface area contributed by atoms with Crippen molar-refractivity contribution < 1.29 is 0 Å². The van der Waals surface area contributed by atoms with Gasteiger partial charge in [-0.05, 0) is 42.9 Å². The quantitative estimate of drug-likeness (QED) is 0.770.